The zero-order valence-electron chi connectivity index (χ0n) is 8.71. The minimum atomic E-state index is -1.05. The maximum absolute atomic E-state index is 11.4. The maximum Gasteiger partial charge on any atom is 0.322 e. The lowest BCUT2D eigenvalue weighted by molar-refractivity contribution is -0.137. The molecule has 1 heterocycles. The van der Waals surface area contributed by atoms with Crippen LogP contribution in [0.4, 0.5) is 0 Å². The lowest BCUT2D eigenvalue weighted by atomic mass is 10.4. The molecule has 6 heteroatoms. The Morgan fingerprint density at radius 3 is 2.88 bits per heavy atom. The topological polar surface area (TPSA) is 79.3 Å². The first kappa shape index (κ1) is 12.5. The fraction of sp³-hybridized carbons (Fsp3) is 0.300. The first-order valence-corrected chi connectivity index (χ1v) is 5.54. The van der Waals surface area contributed by atoms with Crippen molar-refractivity contribution in [2.24, 2.45) is 0 Å². The number of hydrogen-bond donors (Lipinski definition) is 2. The summed E-state index contributed by atoms with van der Waals surface area (Å²) in [6.45, 7) is 1.35. The first-order valence-electron chi connectivity index (χ1n) is 4.67. The third-order valence-corrected chi connectivity index (χ3v) is 2.77. The van der Waals surface area contributed by atoms with E-state index in [1.54, 1.807) is 25.3 Å². The van der Waals surface area contributed by atoms with Gasteiger partial charge in [0.05, 0.1) is 10.3 Å². The van der Waals surface area contributed by atoms with E-state index < -0.39 is 5.97 Å². The second-order valence-corrected chi connectivity index (χ2v) is 4.40. The van der Waals surface area contributed by atoms with Crippen LogP contribution in [0.15, 0.2) is 29.4 Å². The molecule has 0 aliphatic rings. The third kappa shape index (κ3) is 4.31. The minimum absolute atomic E-state index is 0.307. The number of pyridine rings is 1. The van der Waals surface area contributed by atoms with E-state index in [1.165, 1.54) is 11.8 Å². The lowest BCUT2D eigenvalue weighted by Crippen LogP contribution is -2.34. The molecule has 0 aliphatic carbocycles. The van der Waals surface area contributed by atoms with E-state index in [1.807, 2.05) is 6.07 Å². The van der Waals surface area contributed by atoms with E-state index in [9.17, 15) is 9.59 Å². The van der Waals surface area contributed by atoms with Gasteiger partial charge in [0.1, 0.15) is 6.54 Å². The summed E-state index contributed by atoms with van der Waals surface area (Å²) in [6, 6.07) is 5.42. The Morgan fingerprint density at radius 2 is 2.31 bits per heavy atom. The van der Waals surface area contributed by atoms with E-state index in [-0.39, 0.29) is 17.7 Å². The van der Waals surface area contributed by atoms with Gasteiger partial charge in [-0.05, 0) is 19.1 Å². The number of nitrogens with zero attached hydrogens (tertiary/aromatic N) is 1. The van der Waals surface area contributed by atoms with Crippen molar-refractivity contribution in [2.75, 3.05) is 6.54 Å². The highest BCUT2D eigenvalue weighted by atomic mass is 32.2. The van der Waals surface area contributed by atoms with Gasteiger partial charge in [0.15, 0.2) is 0 Å². The van der Waals surface area contributed by atoms with E-state index >= 15 is 0 Å². The smallest absolute Gasteiger partial charge is 0.322 e. The highest BCUT2D eigenvalue weighted by Gasteiger charge is 2.15. The largest absolute Gasteiger partial charge is 0.480 e. The van der Waals surface area contributed by atoms with Crippen molar-refractivity contribution in [3.05, 3.63) is 24.4 Å². The second-order valence-electron chi connectivity index (χ2n) is 3.04. The highest BCUT2D eigenvalue weighted by molar-refractivity contribution is 8.00. The number of rotatable bonds is 5. The second kappa shape index (κ2) is 6.12. The molecule has 1 atom stereocenters. The summed E-state index contributed by atoms with van der Waals surface area (Å²) in [5.74, 6) is -1.36. The van der Waals surface area contributed by atoms with Crippen LogP contribution in [-0.2, 0) is 9.59 Å². The summed E-state index contributed by atoms with van der Waals surface area (Å²) in [5.41, 5.74) is 0. The molecule has 1 rings (SSSR count). The summed E-state index contributed by atoms with van der Waals surface area (Å²) >= 11 is 1.29. The van der Waals surface area contributed by atoms with Gasteiger partial charge in [-0.2, -0.15) is 0 Å². The maximum atomic E-state index is 11.4. The molecule has 0 aromatic carbocycles. The van der Waals surface area contributed by atoms with Gasteiger partial charge in [-0.15, -0.1) is 0 Å². The van der Waals surface area contributed by atoms with Crippen LogP contribution in [0.2, 0.25) is 0 Å². The van der Waals surface area contributed by atoms with Crippen LogP contribution in [0.25, 0.3) is 0 Å². The standard InChI is InChI=1S/C10H12N2O3S/c1-7(10(15)12-6-9(13)14)16-8-4-2-3-5-11-8/h2-5,7H,6H2,1H3,(H,12,15)(H,13,14). The molecule has 1 amide bonds. The van der Waals surface area contributed by atoms with Gasteiger partial charge in [0, 0.05) is 6.20 Å². The quantitative estimate of drug-likeness (QED) is 0.743. The molecule has 1 aromatic rings. The van der Waals surface area contributed by atoms with Crippen LogP contribution >= 0.6 is 11.8 Å². The number of nitrogens with one attached hydrogen (secondary N) is 1. The number of carboxylic acids is 1. The number of carboxylic acid groups (broad SMARTS) is 1. The van der Waals surface area contributed by atoms with Gasteiger partial charge in [-0.3, -0.25) is 9.59 Å². The SMILES string of the molecule is CC(Sc1ccccn1)C(=O)NCC(=O)O. The number of aromatic nitrogens is 1. The van der Waals surface area contributed by atoms with E-state index in [2.05, 4.69) is 10.3 Å². The predicted molar refractivity (Wildman–Crippen MR) is 60.2 cm³/mol. The van der Waals surface area contributed by atoms with Crippen molar-refractivity contribution in [1.82, 2.24) is 10.3 Å². The average Bonchev–Trinajstić information content (AvgIpc) is 2.27. The number of carbonyl (C=O) groups is 2. The number of carbonyl (C=O) groups excluding carboxylic acids is 1. The van der Waals surface area contributed by atoms with Crippen molar-refractivity contribution < 1.29 is 14.7 Å². The molecule has 0 saturated heterocycles. The van der Waals surface area contributed by atoms with Crippen molar-refractivity contribution in [3.63, 3.8) is 0 Å². The molecular weight excluding hydrogens is 228 g/mol. The van der Waals surface area contributed by atoms with Crippen molar-refractivity contribution in [1.29, 1.82) is 0 Å². The molecule has 0 bridgehead atoms. The molecule has 0 radical (unpaired) electrons. The van der Waals surface area contributed by atoms with E-state index in [4.69, 9.17) is 5.11 Å². The monoisotopic (exact) mass is 240 g/mol. The fourth-order valence-corrected chi connectivity index (χ4v) is 1.79. The molecule has 1 unspecified atom stereocenters. The summed E-state index contributed by atoms with van der Waals surface area (Å²) < 4.78 is 0. The van der Waals surface area contributed by atoms with Gasteiger partial charge in [-0.1, -0.05) is 17.8 Å². The van der Waals surface area contributed by atoms with Gasteiger partial charge < -0.3 is 10.4 Å². The number of amides is 1. The summed E-state index contributed by atoms with van der Waals surface area (Å²) in [7, 11) is 0. The average molecular weight is 240 g/mol. The van der Waals surface area contributed by atoms with Crippen molar-refractivity contribution in [3.8, 4) is 0 Å². The Kier molecular flexibility index (Phi) is 4.78. The number of thioether (sulfide) groups is 1. The molecule has 16 heavy (non-hydrogen) atoms. The molecule has 0 saturated carbocycles. The van der Waals surface area contributed by atoms with Crippen molar-refractivity contribution >= 4 is 23.6 Å². The van der Waals surface area contributed by atoms with Crippen LogP contribution in [0.5, 0.6) is 0 Å². The Balaban J connectivity index is 2.43. The summed E-state index contributed by atoms with van der Waals surface area (Å²) in [4.78, 5) is 25.7. The molecule has 0 aliphatic heterocycles. The normalized spacial score (nSPS) is 11.8. The Labute approximate surface area is 97.3 Å². The number of aliphatic carboxylic acids is 1. The van der Waals surface area contributed by atoms with Crippen LogP contribution < -0.4 is 5.32 Å². The fourth-order valence-electron chi connectivity index (χ4n) is 0.958. The minimum Gasteiger partial charge on any atom is -0.480 e. The Morgan fingerprint density at radius 1 is 1.56 bits per heavy atom. The van der Waals surface area contributed by atoms with Gasteiger partial charge in [-0.25, -0.2) is 4.98 Å². The first-order chi connectivity index (χ1) is 7.59. The Hall–Kier alpha value is -1.56. The van der Waals surface area contributed by atoms with Gasteiger partial charge in [0.25, 0.3) is 0 Å². The Bertz CT molecular complexity index is 370. The zero-order chi connectivity index (χ0) is 12.0. The van der Waals surface area contributed by atoms with Crippen LogP contribution in [0, 0.1) is 0 Å². The molecule has 5 nitrogen and oxygen atoms in total. The van der Waals surface area contributed by atoms with E-state index in [0.717, 1.165) is 5.03 Å². The molecular formula is C10H12N2O3S. The van der Waals surface area contributed by atoms with E-state index in [0.29, 0.717) is 0 Å². The van der Waals surface area contributed by atoms with Crippen LogP contribution in [0.1, 0.15) is 6.92 Å². The molecule has 2 N–H and O–H groups in total. The van der Waals surface area contributed by atoms with Crippen LogP contribution in [0.3, 0.4) is 0 Å². The molecule has 0 fully saturated rings. The molecule has 1 aromatic heterocycles. The third-order valence-electron chi connectivity index (χ3n) is 1.72. The number of hydrogen-bond acceptors (Lipinski definition) is 4. The lowest BCUT2D eigenvalue weighted by Gasteiger charge is -2.09. The predicted octanol–water partition coefficient (Wildman–Crippen LogP) is 0.763. The van der Waals surface area contributed by atoms with Crippen LogP contribution in [-0.4, -0.2) is 33.8 Å². The summed E-state index contributed by atoms with van der Waals surface area (Å²) in [6.07, 6.45) is 1.64. The highest BCUT2D eigenvalue weighted by Crippen LogP contribution is 2.20. The summed E-state index contributed by atoms with van der Waals surface area (Å²) in [5, 5.41) is 11.1. The molecule has 0 spiro atoms. The molecule has 86 valence electrons. The van der Waals surface area contributed by atoms with Crippen molar-refractivity contribution in [2.45, 2.75) is 17.2 Å². The van der Waals surface area contributed by atoms with Gasteiger partial charge in [0.2, 0.25) is 5.91 Å². The van der Waals surface area contributed by atoms with Gasteiger partial charge >= 0.3 is 5.97 Å². The zero-order valence-corrected chi connectivity index (χ0v) is 9.53.